The molecule has 1 aromatic heterocycles. The summed E-state index contributed by atoms with van der Waals surface area (Å²) in [5.74, 6) is 2.19. The summed E-state index contributed by atoms with van der Waals surface area (Å²) in [6, 6.07) is 2.50. The number of nitrogens with one attached hydrogen (secondary N) is 1. The van der Waals surface area contributed by atoms with Gasteiger partial charge in [0.2, 0.25) is 0 Å². The highest BCUT2D eigenvalue weighted by molar-refractivity contribution is 7.98. The second-order valence-corrected chi connectivity index (χ2v) is 5.33. The van der Waals surface area contributed by atoms with Gasteiger partial charge < -0.3 is 10.2 Å². The van der Waals surface area contributed by atoms with E-state index in [9.17, 15) is 0 Å². The van der Waals surface area contributed by atoms with E-state index in [0.29, 0.717) is 6.04 Å². The minimum atomic E-state index is 0.565. The zero-order valence-corrected chi connectivity index (χ0v) is 11.1. The maximum Gasteiger partial charge on any atom is 0.129 e. The number of hydrogen-bond donors (Lipinski definition) is 1. The first-order valence-corrected chi connectivity index (χ1v) is 7.51. The Balaban J connectivity index is 1.72. The average Bonchev–Trinajstić information content (AvgIpc) is 2.39. The van der Waals surface area contributed by atoms with E-state index in [1.807, 2.05) is 17.8 Å². The van der Waals surface area contributed by atoms with Crippen LogP contribution in [0.1, 0.15) is 12.8 Å². The zero-order valence-electron chi connectivity index (χ0n) is 10.3. The molecule has 0 unspecified atom stereocenters. The van der Waals surface area contributed by atoms with Gasteiger partial charge in [0.05, 0.1) is 0 Å². The molecule has 0 aromatic carbocycles. The van der Waals surface area contributed by atoms with Crippen LogP contribution in [0.15, 0.2) is 18.6 Å². The third-order valence-corrected chi connectivity index (χ3v) is 3.72. The van der Waals surface area contributed by atoms with Crippen LogP contribution in [-0.2, 0) is 0 Å². The lowest BCUT2D eigenvalue weighted by Gasteiger charge is -2.32. The third kappa shape index (κ3) is 4.16. The first-order valence-electron chi connectivity index (χ1n) is 6.12. The fraction of sp³-hybridized carbons (Fsp3) is 0.667. The van der Waals surface area contributed by atoms with Crippen LogP contribution >= 0.6 is 11.8 Å². The van der Waals surface area contributed by atoms with Crippen LogP contribution < -0.4 is 5.32 Å². The monoisotopic (exact) mass is 252 g/mol. The van der Waals surface area contributed by atoms with Crippen molar-refractivity contribution in [2.45, 2.75) is 18.9 Å². The Morgan fingerprint density at radius 3 is 2.94 bits per heavy atom. The Bertz CT molecular complexity index is 312. The van der Waals surface area contributed by atoms with E-state index in [1.54, 1.807) is 12.5 Å². The normalized spacial score (nSPS) is 18.2. The molecule has 5 heteroatoms. The van der Waals surface area contributed by atoms with E-state index >= 15 is 0 Å². The molecular weight excluding hydrogens is 232 g/mol. The average molecular weight is 252 g/mol. The van der Waals surface area contributed by atoms with Crippen LogP contribution in [-0.4, -0.2) is 52.6 Å². The number of rotatable bonds is 5. The number of hydrogen-bond acceptors (Lipinski definition) is 5. The van der Waals surface area contributed by atoms with Gasteiger partial charge in [-0.3, -0.25) is 0 Å². The summed E-state index contributed by atoms with van der Waals surface area (Å²) >= 11 is 1.92. The Labute approximate surface area is 107 Å². The van der Waals surface area contributed by atoms with Gasteiger partial charge in [-0.1, -0.05) is 0 Å². The largest absolute Gasteiger partial charge is 0.367 e. The lowest BCUT2D eigenvalue weighted by Crippen LogP contribution is -2.40. The van der Waals surface area contributed by atoms with Crippen LogP contribution in [0, 0.1) is 0 Å². The molecule has 0 spiro atoms. The highest BCUT2D eigenvalue weighted by atomic mass is 32.2. The second kappa shape index (κ2) is 6.81. The minimum Gasteiger partial charge on any atom is -0.367 e. The smallest absolute Gasteiger partial charge is 0.129 e. The Hall–Kier alpha value is -0.810. The van der Waals surface area contributed by atoms with Gasteiger partial charge in [0.15, 0.2) is 0 Å². The Morgan fingerprint density at radius 1 is 1.47 bits per heavy atom. The predicted octanol–water partition coefficient (Wildman–Crippen LogP) is 1.72. The molecule has 0 atom stereocenters. The number of nitrogens with zero attached hydrogens (tertiary/aromatic N) is 3. The van der Waals surface area contributed by atoms with Crippen molar-refractivity contribution in [3.63, 3.8) is 0 Å². The molecular formula is C12H20N4S. The summed E-state index contributed by atoms with van der Waals surface area (Å²) in [7, 11) is 0. The van der Waals surface area contributed by atoms with Crippen LogP contribution in [0.5, 0.6) is 0 Å². The maximum atomic E-state index is 4.20. The molecule has 1 aromatic rings. The molecule has 4 nitrogen and oxygen atoms in total. The Kier molecular flexibility index (Phi) is 5.07. The fourth-order valence-electron chi connectivity index (χ4n) is 2.11. The van der Waals surface area contributed by atoms with Crippen molar-refractivity contribution >= 4 is 17.6 Å². The van der Waals surface area contributed by atoms with Gasteiger partial charge in [0, 0.05) is 37.6 Å². The lowest BCUT2D eigenvalue weighted by molar-refractivity contribution is 0.231. The molecule has 1 N–H and O–H groups in total. The third-order valence-electron chi connectivity index (χ3n) is 3.13. The molecule has 94 valence electrons. The number of anilines is 1. The van der Waals surface area contributed by atoms with E-state index in [2.05, 4.69) is 26.4 Å². The molecule has 0 radical (unpaired) electrons. The van der Waals surface area contributed by atoms with Gasteiger partial charge >= 0.3 is 0 Å². The van der Waals surface area contributed by atoms with E-state index in [-0.39, 0.29) is 0 Å². The number of piperidine rings is 1. The van der Waals surface area contributed by atoms with Gasteiger partial charge in [-0.25, -0.2) is 9.97 Å². The van der Waals surface area contributed by atoms with Crippen molar-refractivity contribution < 1.29 is 0 Å². The van der Waals surface area contributed by atoms with E-state index in [1.165, 1.54) is 38.2 Å². The highest BCUT2D eigenvalue weighted by Crippen LogP contribution is 2.14. The second-order valence-electron chi connectivity index (χ2n) is 4.35. The molecule has 1 fully saturated rings. The maximum absolute atomic E-state index is 4.20. The molecule has 17 heavy (non-hydrogen) atoms. The fourth-order valence-corrected chi connectivity index (χ4v) is 2.55. The van der Waals surface area contributed by atoms with Crippen molar-refractivity contribution in [2.75, 3.05) is 37.0 Å². The van der Waals surface area contributed by atoms with Crippen molar-refractivity contribution in [2.24, 2.45) is 0 Å². The van der Waals surface area contributed by atoms with Gasteiger partial charge in [0.25, 0.3) is 0 Å². The molecule has 1 aliphatic heterocycles. The number of thioether (sulfide) groups is 1. The van der Waals surface area contributed by atoms with Gasteiger partial charge in [-0.15, -0.1) is 0 Å². The van der Waals surface area contributed by atoms with Crippen LogP contribution in [0.2, 0.25) is 0 Å². The summed E-state index contributed by atoms with van der Waals surface area (Å²) in [6.07, 6.45) is 7.96. The lowest BCUT2D eigenvalue weighted by atomic mass is 10.1. The first-order chi connectivity index (χ1) is 8.38. The van der Waals surface area contributed by atoms with Crippen LogP contribution in [0.25, 0.3) is 0 Å². The molecule has 1 saturated heterocycles. The van der Waals surface area contributed by atoms with E-state index in [0.717, 1.165) is 5.82 Å². The van der Waals surface area contributed by atoms with E-state index < -0.39 is 0 Å². The topological polar surface area (TPSA) is 41.0 Å². The quantitative estimate of drug-likeness (QED) is 0.864. The summed E-state index contributed by atoms with van der Waals surface area (Å²) < 4.78 is 0. The van der Waals surface area contributed by atoms with E-state index in [4.69, 9.17) is 0 Å². The van der Waals surface area contributed by atoms with Gasteiger partial charge in [-0.05, 0) is 25.2 Å². The molecule has 1 aliphatic rings. The molecule has 0 amide bonds. The first kappa shape index (κ1) is 12.6. The standard InChI is InChI=1S/C12H20N4S/c1-17-9-8-16-6-3-11(4-7-16)15-12-2-5-13-10-14-12/h2,5,10-11H,3-4,6-9H2,1H3,(H,13,14,15). The summed E-state index contributed by atoms with van der Waals surface area (Å²) in [6.45, 7) is 3.62. The van der Waals surface area contributed by atoms with Crippen molar-refractivity contribution in [3.05, 3.63) is 18.6 Å². The van der Waals surface area contributed by atoms with Crippen LogP contribution in [0.3, 0.4) is 0 Å². The highest BCUT2D eigenvalue weighted by Gasteiger charge is 2.18. The zero-order chi connectivity index (χ0) is 11.9. The van der Waals surface area contributed by atoms with Crippen LogP contribution in [0.4, 0.5) is 5.82 Å². The van der Waals surface area contributed by atoms with Crippen molar-refractivity contribution in [3.8, 4) is 0 Å². The molecule has 0 saturated carbocycles. The van der Waals surface area contributed by atoms with Gasteiger partial charge in [-0.2, -0.15) is 11.8 Å². The van der Waals surface area contributed by atoms with Gasteiger partial charge in [0.1, 0.15) is 12.1 Å². The molecule has 0 bridgehead atoms. The molecule has 2 heterocycles. The predicted molar refractivity (Wildman–Crippen MR) is 73.5 cm³/mol. The number of likely N-dealkylation sites (tertiary alicyclic amines) is 1. The van der Waals surface area contributed by atoms with Crippen molar-refractivity contribution in [1.82, 2.24) is 14.9 Å². The minimum absolute atomic E-state index is 0.565. The SMILES string of the molecule is CSCCN1CCC(Nc2ccncn2)CC1. The Morgan fingerprint density at radius 2 is 2.29 bits per heavy atom. The number of aromatic nitrogens is 2. The molecule has 2 rings (SSSR count). The summed E-state index contributed by atoms with van der Waals surface area (Å²) in [4.78, 5) is 10.7. The molecule has 0 aliphatic carbocycles. The van der Waals surface area contributed by atoms with Crippen molar-refractivity contribution in [1.29, 1.82) is 0 Å². The summed E-state index contributed by atoms with van der Waals surface area (Å²) in [5, 5.41) is 3.47. The summed E-state index contributed by atoms with van der Waals surface area (Å²) in [5.41, 5.74) is 0.